The minimum absolute atomic E-state index is 0.545. The van der Waals surface area contributed by atoms with Gasteiger partial charge >= 0.3 is 0 Å². The molecule has 2 aliphatic rings. The van der Waals surface area contributed by atoms with Gasteiger partial charge in [-0.2, -0.15) is 0 Å². The molecule has 0 bridgehead atoms. The van der Waals surface area contributed by atoms with Crippen molar-refractivity contribution >= 4 is 11.4 Å². The first-order chi connectivity index (χ1) is 11.2. The van der Waals surface area contributed by atoms with E-state index in [9.17, 15) is 0 Å². The van der Waals surface area contributed by atoms with E-state index in [0.29, 0.717) is 17.9 Å². The van der Waals surface area contributed by atoms with Crippen molar-refractivity contribution in [1.29, 1.82) is 5.41 Å². The predicted octanol–water partition coefficient (Wildman–Crippen LogP) is 6.21. The molecule has 1 fully saturated rings. The van der Waals surface area contributed by atoms with E-state index in [1.807, 2.05) is 0 Å². The summed E-state index contributed by atoms with van der Waals surface area (Å²) in [6.45, 7) is 6.86. The molecule has 0 aromatic carbocycles. The molecule has 0 amide bonds. The van der Waals surface area contributed by atoms with Gasteiger partial charge < -0.3 is 5.41 Å². The van der Waals surface area contributed by atoms with E-state index in [1.165, 1.54) is 57.1 Å². The predicted molar refractivity (Wildman–Crippen MR) is 102 cm³/mol. The van der Waals surface area contributed by atoms with Gasteiger partial charge in [-0.15, -0.1) is 0 Å². The molecule has 23 heavy (non-hydrogen) atoms. The molecule has 1 aliphatic heterocycles. The molecule has 0 aromatic heterocycles. The Morgan fingerprint density at radius 2 is 1.96 bits per heavy atom. The molecular weight excluding hydrogens is 280 g/mol. The number of hydrogen-bond acceptors (Lipinski definition) is 2. The van der Waals surface area contributed by atoms with Gasteiger partial charge in [0.05, 0.1) is 6.04 Å². The maximum absolute atomic E-state index is 8.05. The zero-order valence-electron chi connectivity index (χ0n) is 15.5. The number of hydrogen-bond donors (Lipinski definition) is 1. The molecule has 0 spiro atoms. The first kappa shape index (κ1) is 18.4. The first-order valence-corrected chi connectivity index (χ1v) is 9.96. The Morgan fingerprint density at radius 1 is 1.17 bits per heavy atom. The minimum Gasteiger partial charge on any atom is -0.305 e. The third-order valence-corrected chi connectivity index (χ3v) is 5.87. The van der Waals surface area contributed by atoms with Crippen molar-refractivity contribution < 1.29 is 0 Å². The highest BCUT2D eigenvalue weighted by atomic mass is 14.8. The van der Waals surface area contributed by atoms with E-state index in [1.54, 1.807) is 0 Å². The quantitative estimate of drug-likeness (QED) is 0.517. The summed E-state index contributed by atoms with van der Waals surface area (Å²) in [5, 5.41) is 8.05. The van der Waals surface area contributed by atoms with Gasteiger partial charge in [0.2, 0.25) is 0 Å². The monoisotopic (exact) mass is 316 g/mol. The van der Waals surface area contributed by atoms with Crippen LogP contribution in [0, 0.1) is 23.2 Å². The summed E-state index contributed by atoms with van der Waals surface area (Å²) in [5.41, 5.74) is 2.29. The number of nitrogens with one attached hydrogen (secondary N) is 1. The van der Waals surface area contributed by atoms with Crippen LogP contribution in [0.25, 0.3) is 0 Å². The topological polar surface area (TPSA) is 36.2 Å². The summed E-state index contributed by atoms with van der Waals surface area (Å²) in [7, 11) is 0. The van der Waals surface area contributed by atoms with Crippen LogP contribution < -0.4 is 0 Å². The van der Waals surface area contributed by atoms with Crippen molar-refractivity contribution in [3.8, 4) is 0 Å². The van der Waals surface area contributed by atoms with Crippen LogP contribution in [0.2, 0.25) is 0 Å². The van der Waals surface area contributed by atoms with Gasteiger partial charge in [0.15, 0.2) is 0 Å². The molecule has 130 valence electrons. The standard InChI is InChI=1S/C21H36N2/c1-4-6-8-19(22)14-12-17-10-11-18-13-15-20(9-7-5-2)23-21(18)16(17)3/h12,14,16-18,21-22H,4-11,13,15H2,1-3H3/b14-12-,22-19?. The first-order valence-electron chi connectivity index (χ1n) is 9.96. The summed E-state index contributed by atoms with van der Waals surface area (Å²) in [6, 6.07) is 0.545. The zero-order valence-corrected chi connectivity index (χ0v) is 15.5. The summed E-state index contributed by atoms with van der Waals surface area (Å²) < 4.78 is 0. The van der Waals surface area contributed by atoms with Crippen LogP contribution >= 0.6 is 0 Å². The summed E-state index contributed by atoms with van der Waals surface area (Å²) >= 11 is 0. The fourth-order valence-electron chi connectivity index (χ4n) is 4.22. The highest BCUT2D eigenvalue weighted by Gasteiger charge is 2.37. The second-order valence-corrected chi connectivity index (χ2v) is 7.68. The fraction of sp³-hybridized carbons (Fsp3) is 0.810. The van der Waals surface area contributed by atoms with Crippen molar-refractivity contribution in [2.24, 2.45) is 22.7 Å². The van der Waals surface area contributed by atoms with E-state index in [4.69, 9.17) is 10.4 Å². The molecule has 4 atom stereocenters. The van der Waals surface area contributed by atoms with E-state index in [-0.39, 0.29) is 0 Å². The van der Waals surface area contributed by atoms with Gasteiger partial charge in [0.25, 0.3) is 0 Å². The van der Waals surface area contributed by atoms with E-state index < -0.39 is 0 Å². The van der Waals surface area contributed by atoms with Crippen molar-refractivity contribution in [2.45, 2.75) is 91.0 Å². The number of allylic oxidation sites excluding steroid dienone is 2. The van der Waals surface area contributed by atoms with E-state index in [0.717, 1.165) is 24.5 Å². The number of fused-ring (bicyclic) bond motifs is 1. The molecule has 4 unspecified atom stereocenters. The van der Waals surface area contributed by atoms with E-state index >= 15 is 0 Å². The molecule has 1 N–H and O–H groups in total. The van der Waals surface area contributed by atoms with Crippen LogP contribution in [0.4, 0.5) is 0 Å². The summed E-state index contributed by atoms with van der Waals surface area (Å²) in [4.78, 5) is 5.18. The molecule has 2 heteroatoms. The van der Waals surface area contributed by atoms with Crippen molar-refractivity contribution in [2.75, 3.05) is 0 Å². The Balaban J connectivity index is 1.95. The highest BCUT2D eigenvalue weighted by Crippen LogP contribution is 2.41. The SMILES string of the molecule is CCCCC(=N)/C=C\C1CCC2CCC(CCCC)=NC2C1C. The van der Waals surface area contributed by atoms with Crippen molar-refractivity contribution in [3.05, 3.63) is 12.2 Å². The highest BCUT2D eigenvalue weighted by molar-refractivity contribution is 5.92. The van der Waals surface area contributed by atoms with Crippen LogP contribution in [0.3, 0.4) is 0 Å². The van der Waals surface area contributed by atoms with Gasteiger partial charge in [0.1, 0.15) is 0 Å². The number of rotatable bonds is 8. The van der Waals surface area contributed by atoms with Gasteiger partial charge in [-0.05, 0) is 75.2 Å². The van der Waals surface area contributed by atoms with E-state index in [2.05, 4.69) is 32.9 Å². The molecule has 1 heterocycles. The summed E-state index contributed by atoms with van der Waals surface area (Å²) in [5.74, 6) is 2.08. The lowest BCUT2D eigenvalue weighted by molar-refractivity contribution is 0.176. The zero-order chi connectivity index (χ0) is 16.7. The van der Waals surface area contributed by atoms with Crippen LogP contribution in [0.15, 0.2) is 17.1 Å². The second kappa shape index (κ2) is 9.39. The maximum Gasteiger partial charge on any atom is 0.0558 e. The number of aliphatic imine (C=N–C) groups is 1. The average molecular weight is 317 g/mol. The Bertz CT molecular complexity index is 435. The average Bonchev–Trinajstić information content (AvgIpc) is 2.57. The molecule has 2 rings (SSSR count). The smallest absolute Gasteiger partial charge is 0.0558 e. The molecular formula is C21H36N2. The molecule has 0 saturated heterocycles. The third-order valence-electron chi connectivity index (χ3n) is 5.87. The molecule has 0 radical (unpaired) electrons. The van der Waals surface area contributed by atoms with Crippen LogP contribution in [0.5, 0.6) is 0 Å². The fourth-order valence-corrected chi connectivity index (χ4v) is 4.22. The van der Waals surface area contributed by atoms with Crippen LogP contribution in [0.1, 0.15) is 85.0 Å². The number of unbranched alkanes of at least 4 members (excludes halogenated alkanes) is 2. The Morgan fingerprint density at radius 3 is 2.70 bits per heavy atom. The molecule has 2 nitrogen and oxygen atoms in total. The van der Waals surface area contributed by atoms with Crippen molar-refractivity contribution in [1.82, 2.24) is 0 Å². The summed E-state index contributed by atoms with van der Waals surface area (Å²) in [6.07, 6.45) is 16.7. The van der Waals surface area contributed by atoms with Gasteiger partial charge in [-0.3, -0.25) is 4.99 Å². The molecule has 1 aliphatic carbocycles. The van der Waals surface area contributed by atoms with Gasteiger partial charge in [-0.1, -0.05) is 39.7 Å². The lowest BCUT2D eigenvalue weighted by atomic mass is 9.68. The lowest BCUT2D eigenvalue weighted by Crippen LogP contribution is -2.39. The normalized spacial score (nSPS) is 31.0. The van der Waals surface area contributed by atoms with Crippen molar-refractivity contribution in [3.63, 3.8) is 0 Å². The van der Waals surface area contributed by atoms with Gasteiger partial charge in [0, 0.05) is 11.4 Å². The molecule has 0 aromatic rings. The number of nitrogens with zero attached hydrogens (tertiary/aromatic N) is 1. The molecule has 1 saturated carbocycles. The Hall–Kier alpha value is -0.920. The Labute approximate surface area is 143 Å². The lowest BCUT2D eigenvalue weighted by Gasteiger charge is -2.41. The minimum atomic E-state index is 0.545. The van der Waals surface area contributed by atoms with Crippen LogP contribution in [-0.2, 0) is 0 Å². The largest absolute Gasteiger partial charge is 0.305 e. The van der Waals surface area contributed by atoms with Gasteiger partial charge in [-0.25, -0.2) is 0 Å². The maximum atomic E-state index is 8.05. The Kier molecular flexibility index (Phi) is 7.52. The second-order valence-electron chi connectivity index (χ2n) is 7.68. The van der Waals surface area contributed by atoms with Crippen LogP contribution in [-0.4, -0.2) is 17.5 Å². The third kappa shape index (κ3) is 5.29.